The number of alkyl halides is 3. The normalized spacial score (nSPS) is 13.5. The molecule has 0 amide bonds. The Morgan fingerprint density at radius 1 is 1.24 bits per heavy atom. The summed E-state index contributed by atoms with van der Waals surface area (Å²) in [7, 11) is 0. The molecule has 98 valence electrons. The van der Waals surface area contributed by atoms with Crippen molar-refractivity contribution in [2.45, 2.75) is 33.1 Å². The molecule has 3 nitrogen and oxygen atoms in total. The highest BCUT2D eigenvalue weighted by Gasteiger charge is 2.43. The van der Waals surface area contributed by atoms with Crippen molar-refractivity contribution in [3.63, 3.8) is 0 Å². The first-order valence-corrected chi connectivity index (χ1v) is 5.37. The maximum absolute atomic E-state index is 12.7. The number of Topliss-reactive ketones (excluding diaryl/α,β-unsaturated/α-hetero) is 2. The van der Waals surface area contributed by atoms with Crippen LogP contribution in [-0.2, 0) is 14.3 Å². The maximum Gasteiger partial charge on any atom is 0.385 e. The predicted molar refractivity (Wildman–Crippen MR) is 60.0 cm³/mol. The zero-order chi connectivity index (χ0) is 13.9. The van der Waals surface area contributed by atoms with Gasteiger partial charge in [-0.05, 0) is 18.5 Å². The van der Waals surface area contributed by atoms with Gasteiger partial charge in [0.2, 0.25) is 0 Å². The Labute approximate surface area is 104 Å². The van der Waals surface area contributed by atoms with Crippen LogP contribution < -0.4 is 0 Å². The summed E-state index contributed by atoms with van der Waals surface area (Å²) in [6, 6.07) is 0. The zero-order valence-corrected chi connectivity index (χ0v) is 10.9. The highest BCUT2D eigenvalue weighted by atomic mass is 35.5. The molecule has 0 unspecified atom stereocenters. The molecular formula is C11H15ClF2O3. The van der Waals surface area contributed by atoms with Crippen molar-refractivity contribution in [2.24, 2.45) is 5.41 Å². The van der Waals surface area contributed by atoms with Crippen LogP contribution in [0.5, 0.6) is 0 Å². The van der Waals surface area contributed by atoms with Crippen LogP contribution in [0.25, 0.3) is 0 Å². The van der Waals surface area contributed by atoms with Gasteiger partial charge in [0, 0.05) is 5.41 Å². The first-order valence-electron chi connectivity index (χ1n) is 5.00. The highest BCUT2D eigenvalue weighted by Crippen LogP contribution is 2.28. The molecule has 0 rings (SSSR count). The van der Waals surface area contributed by atoms with Gasteiger partial charge in [-0.2, -0.15) is 8.78 Å². The summed E-state index contributed by atoms with van der Waals surface area (Å²) in [5.41, 5.74) is -1.69. The van der Waals surface area contributed by atoms with E-state index in [2.05, 4.69) is 11.6 Å². The number of hydrogen-bond donors (Lipinski definition) is 0. The van der Waals surface area contributed by atoms with Gasteiger partial charge in [0.15, 0.2) is 5.78 Å². The Bertz CT molecular complexity index is 310. The van der Waals surface area contributed by atoms with Crippen LogP contribution in [0.4, 0.5) is 8.78 Å². The van der Waals surface area contributed by atoms with Gasteiger partial charge in [-0.15, -0.1) is 0 Å². The largest absolute Gasteiger partial charge is 0.501 e. The van der Waals surface area contributed by atoms with Crippen LogP contribution in [0.2, 0.25) is 0 Å². The molecule has 0 aromatic rings. The lowest BCUT2D eigenvalue weighted by Crippen LogP contribution is -2.33. The van der Waals surface area contributed by atoms with Gasteiger partial charge < -0.3 is 4.74 Å². The molecule has 0 aliphatic rings. The molecule has 0 spiro atoms. The number of allylic oxidation sites excluding steroid dienone is 1. The molecule has 0 aromatic heterocycles. The standard InChI is InChI=1S/C11H15ClF2O3/c1-5-17-6-7(8(15)10(2,3)4)9(16)11(12,13)14/h6H,5H2,1-4H3. The molecule has 0 aromatic carbocycles. The van der Waals surface area contributed by atoms with Crippen molar-refractivity contribution in [3.05, 3.63) is 11.8 Å². The molecule has 0 heterocycles. The zero-order valence-electron chi connectivity index (χ0n) is 10.1. The number of carbonyl (C=O) groups is 2. The summed E-state index contributed by atoms with van der Waals surface area (Å²) in [6.45, 7) is 6.28. The van der Waals surface area contributed by atoms with E-state index >= 15 is 0 Å². The lowest BCUT2D eigenvalue weighted by atomic mass is 9.85. The topological polar surface area (TPSA) is 43.4 Å². The van der Waals surface area contributed by atoms with Gasteiger partial charge >= 0.3 is 5.38 Å². The summed E-state index contributed by atoms with van der Waals surface area (Å²) < 4.78 is 30.2. The predicted octanol–water partition coefficient (Wildman–Crippen LogP) is 2.92. The SMILES string of the molecule is CCOC=C(C(=O)C(C)(C)C)C(=O)C(F)(F)Cl. The van der Waals surface area contributed by atoms with Crippen LogP contribution in [0, 0.1) is 5.41 Å². The molecule has 0 radical (unpaired) electrons. The lowest BCUT2D eigenvalue weighted by molar-refractivity contribution is -0.133. The van der Waals surface area contributed by atoms with E-state index in [0.29, 0.717) is 0 Å². The quantitative estimate of drug-likeness (QED) is 0.253. The molecule has 0 atom stereocenters. The Morgan fingerprint density at radius 2 is 1.71 bits per heavy atom. The summed E-state index contributed by atoms with van der Waals surface area (Å²) >= 11 is 4.62. The van der Waals surface area contributed by atoms with E-state index in [-0.39, 0.29) is 6.61 Å². The van der Waals surface area contributed by atoms with E-state index in [9.17, 15) is 18.4 Å². The summed E-state index contributed by atoms with van der Waals surface area (Å²) in [4.78, 5) is 23.1. The van der Waals surface area contributed by atoms with Gasteiger partial charge in [0.05, 0.1) is 12.9 Å². The minimum Gasteiger partial charge on any atom is -0.501 e. The van der Waals surface area contributed by atoms with Crippen molar-refractivity contribution in [1.82, 2.24) is 0 Å². The summed E-state index contributed by atoms with van der Waals surface area (Å²) in [5, 5.41) is -4.11. The average Bonchev–Trinajstić information content (AvgIpc) is 2.14. The fourth-order valence-corrected chi connectivity index (χ4v) is 1.04. The maximum atomic E-state index is 12.7. The second kappa shape index (κ2) is 5.58. The third kappa shape index (κ3) is 4.81. The average molecular weight is 269 g/mol. The number of hydrogen-bond acceptors (Lipinski definition) is 3. The molecule has 0 saturated carbocycles. The number of ketones is 2. The molecular weight excluding hydrogens is 254 g/mol. The number of ether oxygens (including phenoxy) is 1. The van der Waals surface area contributed by atoms with Gasteiger partial charge in [-0.3, -0.25) is 9.59 Å². The number of halogens is 3. The van der Waals surface area contributed by atoms with Gasteiger partial charge in [0.25, 0.3) is 5.78 Å². The van der Waals surface area contributed by atoms with Crippen molar-refractivity contribution >= 4 is 23.2 Å². The van der Waals surface area contributed by atoms with Crippen molar-refractivity contribution in [2.75, 3.05) is 6.61 Å². The van der Waals surface area contributed by atoms with E-state index in [1.54, 1.807) is 6.92 Å². The second-order valence-corrected chi connectivity index (χ2v) is 4.87. The lowest BCUT2D eigenvalue weighted by Gasteiger charge is -2.19. The second-order valence-electron chi connectivity index (χ2n) is 4.39. The van der Waals surface area contributed by atoms with Gasteiger partial charge in [0.1, 0.15) is 5.57 Å². The highest BCUT2D eigenvalue weighted by molar-refractivity contribution is 6.39. The van der Waals surface area contributed by atoms with Crippen LogP contribution in [-0.4, -0.2) is 23.6 Å². The fourth-order valence-electron chi connectivity index (χ4n) is 0.934. The molecule has 0 saturated heterocycles. The van der Waals surface area contributed by atoms with E-state index in [4.69, 9.17) is 4.74 Å². The Balaban J connectivity index is 5.32. The van der Waals surface area contributed by atoms with Crippen molar-refractivity contribution in [3.8, 4) is 0 Å². The summed E-state index contributed by atoms with van der Waals surface area (Å²) in [6.07, 6.45) is 0.742. The molecule has 0 aliphatic carbocycles. The van der Waals surface area contributed by atoms with E-state index < -0.39 is 27.9 Å². The van der Waals surface area contributed by atoms with Crippen LogP contribution >= 0.6 is 11.6 Å². The van der Waals surface area contributed by atoms with Crippen LogP contribution in [0.15, 0.2) is 11.8 Å². The Kier molecular flexibility index (Phi) is 5.26. The van der Waals surface area contributed by atoms with E-state index in [1.165, 1.54) is 20.8 Å². The number of carbonyl (C=O) groups excluding carboxylic acids is 2. The molecule has 6 heteroatoms. The first kappa shape index (κ1) is 16.0. The molecule has 0 fully saturated rings. The van der Waals surface area contributed by atoms with E-state index in [0.717, 1.165) is 6.26 Å². The monoisotopic (exact) mass is 268 g/mol. The Hall–Kier alpha value is -0.970. The molecule has 0 bridgehead atoms. The molecule has 0 aliphatic heterocycles. The minimum absolute atomic E-state index is 0.155. The minimum atomic E-state index is -4.11. The van der Waals surface area contributed by atoms with Gasteiger partial charge in [-0.25, -0.2) is 0 Å². The smallest absolute Gasteiger partial charge is 0.385 e. The summed E-state index contributed by atoms with van der Waals surface area (Å²) in [5.74, 6) is -2.48. The van der Waals surface area contributed by atoms with Crippen molar-refractivity contribution < 1.29 is 23.1 Å². The third-order valence-electron chi connectivity index (χ3n) is 1.80. The molecule has 0 N–H and O–H groups in total. The fraction of sp³-hybridized carbons (Fsp3) is 0.636. The van der Waals surface area contributed by atoms with Gasteiger partial charge in [-0.1, -0.05) is 20.8 Å². The first-order chi connectivity index (χ1) is 7.51. The molecule has 17 heavy (non-hydrogen) atoms. The van der Waals surface area contributed by atoms with Crippen LogP contribution in [0.1, 0.15) is 27.7 Å². The van der Waals surface area contributed by atoms with E-state index in [1.807, 2.05) is 0 Å². The van der Waals surface area contributed by atoms with Crippen LogP contribution in [0.3, 0.4) is 0 Å². The number of rotatable bonds is 5. The van der Waals surface area contributed by atoms with Crippen molar-refractivity contribution in [1.29, 1.82) is 0 Å². The third-order valence-corrected chi connectivity index (χ3v) is 1.97. The Morgan fingerprint density at radius 3 is 2.00 bits per heavy atom.